The van der Waals surface area contributed by atoms with Crippen LogP contribution in [0, 0.1) is 21.3 Å². The molecule has 6 nitrogen and oxygen atoms in total. The van der Waals surface area contributed by atoms with Crippen LogP contribution >= 0.6 is 15.9 Å². The molecule has 30 heavy (non-hydrogen) atoms. The Kier molecular flexibility index (Phi) is 9.56. The van der Waals surface area contributed by atoms with Crippen LogP contribution in [0.1, 0.15) is 46.2 Å². The fraction of sp³-hybridized carbons (Fsp3) is 0.500. The van der Waals surface area contributed by atoms with Crippen molar-refractivity contribution in [1.82, 2.24) is 9.13 Å². The topological polar surface area (TPSA) is 62.5 Å². The molecule has 1 saturated heterocycles. The number of nitrogens with zero attached hydrogens (tertiary/aromatic N) is 2. The number of pyridine rings is 2. The van der Waals surface area contributed by atoms with Gasteiger partial charge in [-0.1, -0.05) is 13.5 Å². The predicted octanol–water partition coefficient (Wildman–Crippen LogP) is 3.54. The Hall–Kier alpha value is -1.64. The van der Waals surface area contributed by atoms with E-state index in [4.69, 9.17) is 9.31 Å². The highest BCUT2D eigenvalue weighted by atomic mass is 79.9. The van der Waals surface area contributed by atoms with E-state index in [2.05, 4.69) is 15.9 Å². The van der Waals surface area contributed by atoms with Gasteiger partial charge in [-0.3, -0.25) is 9.59 Å². The Morgan fingerprint density at radius 2 is 1.27 bits per heavy atom. The second kappa shape index (κ2) is 10.1. The van der Waals surface area contributed by atoms with Gasteiger partial charge < -0.3 is 25.9 Å². The zero-order chi connectivity index (χ0) is 21.4. The van der Waals surface area contributed by atoms with Crippen LogP contribution in [-0.2, 0) is 23.4 Å². The van der Waals surface area contributed by atoms with E-state index in [-0.39, 0.29) is 37.2 Å². The molecule has 1 aliphatic heterocycles. The van der Waals surface area contributed by atoms with Crippen LogP contribution in [0.2, 0.25) is 0 Å². The van der Waals surface area contributed by atoms with Crippen molar-refractivity contribution < 1.29 is 9.31 Å². The molecule has 2 aromatic heterocycles. The van der Waals surface area contributed by atoms with Crippen molar-refractivity contribution in [1.29, 1.82) is 0 Å². The number of rotatable bonds is 1. The zero-order valence-corrected chi connectivity index (χ0v) is 20.4. The van der Waals surface area contributed by atoms with Gasteiger partial charge in [0.05, 0.1) is 11.2 Å². The summed E-state index contributed by atoms with van der Waals surface area (Å²) in [6.45, 7) is 11.7. The minimum atomic E-state index is -0.416. The Morgan fingerprint density at radius 1 is 0.867 bits per heavy atom. The van der Waals surface area contributed by atoms with Crippen LogP contribution in [0.3, 0.4) is 0 Å². The lowest BCUT2D eigenvalue weighted by molar-refractivity contribution is 0.00578. The van der Waals surface area contributed by atoms with Gasteiger partial charge in [0, 0.05) is 42.1 Å². The highest BCUT2D eigenvalue weighted by Crippen LogP contribution is 2.36. The molecule has 3 heterocycles. The summed E-state index contributed by atoms with van der Waals surface area (Å²) in [4.78, 5) is 22.7. The maximum Gasteiger partial charge on any atom is 0.496 e. The lowest BCUT2D eigenvalue weighted by atomic mass is 9.80. The molecule has 0 N–H and O–H groups in total. The van der Waals surface area contributed by atoms with Crippen molar-refractivity contribution in [3.63, 3.8) is 0 Å². The van der Waals surface area contributed by atoms with Gasteiger partial charge in [-0.25, -0.2) is 0 Å². The normalized spacial score (nSPS) is 16.1. The highest BCUT2D eigenvalue weighted by Gasteiger charge is 2.51. The largest absolute Gasteiger partial charge is 0.496 e. The summed E-state index contributed by atoms with van der Waals surface area (Å²) in [7, 11) is 3.06. The Morgan fingerprint density at radius 3 is 1.67 bits per heavy atom. The third-order valence-corrected chi connectivity index (χ3v) is 5.67. The third kappa shape index (κ3) is 5.96. The van der Waals surface area contributed by atoms with Crippen molar-refractivity contribution in [2.45, 2.75) is 60.2 Å². The van der Waals surface area contributed by atoms with Gasteiger partial charge in [0.2, 0.25) is 0 Å². The van der Waals surface area contributed by atoms with Gasteiger partial charge in [-0.2, -0.15) is 0 Å². The van der Waals surface area contributed by atoms with Crippen molar-refractivity contribution in [3.8, 4) is 0 Å². The molecule has 1 fully saturated rings. The number of hydrogen-bond acceptors (Lipinski definition) is 4. The maximum absolute atomic E-state index is 11.7. The van der Waals surface area contributed by atoms with Crippen LogP contribution in [0.4, 0.5) is 0 Å². The molecule has 0 bridgehead atoms. The van der Waals surface area contributed by atoms with Crippen molar-refractivity contribution in [2.24, 2.45) is 14.1 Å². The summed E-state index contributed by atoms with van der Waals surface area (Å²) in [5, 5.41) is 0. The quantitative estimate of drug-likeness (QED) is 0.461. The van der Waals surface area contributed by atoms with E-state index in [1.54, 1.807) is 49.5 Å². The molecule has 3 rings (SSSR count). The lowest BCUT2D eigenvalue weighted by Crippen LogP contribution is -2.41. The molecule has 8 heteroatoms. The van der Waals surface area contributed by atoms with Crippen LogP contribution in [0.15, 0.2) is 38.6 Å². The van der Waals surface area contributed by atoms with E-state index >= 15 is 0 Å². The first-order valence-electron chi connectivity index (χ1n) is 9.11. The van der Waals surface area contributed by atoms with Crippen LogP contribution in [0.5, 0.6) is 0 Å². The van der Waals surface area contributed by atoms with Gasteiger partial charge in [0.1, 0.15) is 0 Å². The number of aromatic nitrogens is 2. The van der Waals surface area contributed by atoms with Crippen molar-refractivity contribution >= 4 is 28.5 Å². The van der Waals surface area contributed by atoms with E-state index in [9.17, 15) is 9.59 Å². The zero-order valence-electron chi connectivity index (χ0n) is 18.8. The molecular weight excluding hydrogens is 447 g/mol. The molecule has 0 saturated carbocycles. The molecule has 1 aliphatic rings. The van der Waals surface area contributed by atoms with E-state index in [0.29, 0.717) is 5.56 Å². The number of aryl methyl sites for hydroxylation is 4. The SMILES string of the molecule is C.Cc1cc(B2OC(C)(C)C(C)(C)O2)cn(C)c1=O.Cc1cc(Br)cn(C)c1=O.[CH3-]. The smallest absolute Gasteiger partial charge is 0.399 e. The van der Waals surface area contributed by atoms with E-state index in [1.807, 2.05) is 39.8 Å². The fourth-order valence-corrected chi connectivity index (χ4v) is 3.50. The molecule has 2 aromatic rings. The molecule has 0 amide bonds. The van der Waals surface area contributed by atoms with E-state index < -0.39 is 7.12 Å². The van der Waals surface area contributed by atoms with Crippen molar-refractivity contribution in [3.05, 3.63) is 68.3 Å². The van der Waals surface area contributed by atoms with Gasteiger partial charge >= 0.3 is 7.12 Å². The molecule has 0 spiro atoms. The van der Waals surface area contributed by atoms with Crippen LogP contribution in [-0.4, -0.2) is 27.5 Å². The molecule has 0 aromatic carbocycles. The van der Waals surface area contributed by atoms with Gasteiger partial charge in [0.25, 0.3) is 11.1 Å². The standard InChI is InChI=1S/C13H20BNO3.C7H8BrNO.CH4.CH3/c1-9-7-10(8-15(6)11(9)16)14-17-12(2,3)13(4,5)18-14;1-5-3-6(8)4-9(2)7(5)10;;/h7-8H,1-6H3;3-4H,1-2H3;1H4;1H3/q;;;-1. The summed E-state index contributed by atoms with van der Waals surface area (Å²) < 4.78 is 16.0. The maximum atomic E-state index is 11.7. The lowest BCUT2D eigenvalue weighted by Gasteiger charge is -2.32. The third-order valence-electron chi connectivity index (χ3n) is 5.24. The number of hydrogen-bond donors (Lipinski definition) is 0. The second-order valence-corrected chi connectivity index (χ2v) is 9.13. The highest BCUT2D eigenvalue weighted by molar-refractivity contribution is 9.10. The summed E-state index contributed by atoms with van der Waals surface area (Å²) in [5.41, 5.74) is 1.69. The Bertz CT molecular complexity index is 927. The predicted molar refractivity (Wildman–Crippen MR) is 129 cm³/mol. The summed E-state index contributed by atoms with van der Waals surface area (Å²) in [6, 6.07) is 3.65. The molecule has 0 unspecified atom stereocenters. The average molecular weight is 482 g/mol. The first-order valence-corrected chi connectivity index (χ1v) is 9.90. The first kappa shape index (κ1) is 28.4. The average Bonchev–Trinajstić information content (AvgIpc) is 2.78. The summed E-state index contributed by atoms with van der Waals surface area (Å²) in [6.07, 6.45) is 3.52. The van der Waals surface area contributed by atoms with Gasteiger partial charge in [-0.15, -0.1) is 0 Å². The molecular formula is C22H35BBrN2O4-. The second-order valence-electron chi connectivity index (χ2n) is 8.22. The van der Waals surface area contributed by atoms with Crippen LogP contribution < -0.4 is 16.6 Å². The summed E-state index contributed by atoms with van der Waals surface area (Å²) in [5.74, 6) is 0. The Labute approximate surface area is 189 Å². The van der Waals surface area contributed by atoms with Gasteiger partial charge in [-0.05, 0) is 69.0 Å². The molecule has 0 radical (unpaired) electrons. The molecule has 0 aliphatic carbocycles. The van der Waals surface area contributed by atoms with E-state index in [1.165, 1.54) is 0 Å². The molecule has 168 valence electrons. The Balaban J connectivity index is 0.000000604. The molecule has 0 atom stereocenters. The van der Waals surface area contributed by atoms with Crippen LogP contribution in [0.25, 0.3) is 0 Å². The minimum absolute atomic E-state index is 0. The van der Waals surface area contributed by atoms with E-state index in [0.717, 1.165) is 15.5 Å². The fourth-order valence-electron chi connectivity index (χ4n) is 2.85. The number of halogens is 1. The monoisotopic (exact) mass is 481 g/mol. The van der Waals surface area contributed by atoms with Gasteiger partial charge in [0.15, 0.2) is 0 Å². The first-order chi connectivity index (χ1) is 12.7. The minimum Gasteiger partial charge on any atom is -0.399 e. The summed E-state index contributed by atoms with van der Waals surface area (Å²) >= 11 is 3.29. The van der Waals surface area contributed by atoms with Crippen molar-refractivity contribution in [2.75, 3.05) is 0 Å².